The van der Waals surface area contributed by atoms with Gasteiger partial charge in [-0.1, -0.05) is 68.2 Å². The van der Waals surface area contributed by atoms with Gasteiger partial charge < -0.3 is 5.32 Å². The van der Waals surface area contributed by atoms with E-state index in [9.17, 15) is 18.8 Å². The van der Waals surface area contributed by atoms with E-state index in [0.717, 1.165) is 11.8 Å². The van der Waals surface area contributed by atoms with E-state index in [0.29, 0.717) is 22.1 Å². The van der Waals surface area contributed by atoms with Gasteiger partial charge in [0.1, 0.15) is 16.7 Å². The molecule has 2 aromatic rings. The number of hydrogen-bond donors (Lipinski definition) is 1. The highest BCUT2D eigenvalue weighted by molar-refractivity contribution is 8.26. The van der Waals surface area contributed by atoms with Crippen molar-refractivity contribution in [3.05, 3.63) is 64.8 Å². The van der Waals surface area contributed by atoms with E-state index < -0.39 is 17.6 Å². The number of para-hydroxylation sites is 2. The van der Waals surface area contributed by atoms with Crippen molar-refractivity contribution in [2.24, 2.45) is 5.92 Å². The van der Waals surface area contributed by atoms with E-state index in [-0.39, 0.29) is 34.5 Å². The van der Waals surface area contributed by atoms with Crippen LogP contribution in [0.2, 0.25) is 0 Å². The Kier molecular flexibility index (Phi) is 6.12. The molecule has 0 radical (unpaired) electrons. The molecule has 164 valence electrons. The summed E-state index contributed by atoms with van der Waals surface area (Å²) in [4.78, 5) is 42.1. The molecular formula is C23H20FN3O3S2. The molecule has 2 heterocycles. The molecule has 0 aliphatic carbocycles. The van der Waals surface area contributed by atoms with Crippen LogP contribution < -0.4 is 10.2 Å². The summed E-state index contributed by atoms with van der Waals surface area (Å²) in [5.74, 6) is -1.66. The molecule has 32 heavy (non-hydrogen) atoms. The van der Waals surface area contributed by atoms with Gasteiger partial charge in [-0.25, -0.2) is 4.39 Å². The number of anilines is 2. The molecule has 0 unspecified atom stereocenters. The first kappa shape index (κ1) is 22.2. The van der Waals surface area contributed by atoms with E-state index >= 15 is 0 Å². The minimum Gasteiger partial charge on any atom is -0.322 e. The molecule has 0 bridgehead atoms. The van der Waals surface area contributed by atoms with Crippen LogP contribution in [0.1, 0.15) is 19.4 Å². The minimum atomic E-state index is -0.566. The van der Waals surface area contributed by atoms with Gasteiger partial charge in [0.25, 0.3) is 11.8 Å². The average molecular weight is 470 g/mol. The maximum absolute atomic E-state index is 13.9. The van der Waals surface area contributed by atoms with Crippen LogP contribution in [-0.4, -0.2) is 40.0 Å². The van der Waals surface area contributed by atoms with Gasteiger partial charge in [0.2, 0.25) is 5.91 Å². The first-order chi connectivity index (χ1) is 15.3. The number of hydrogen-bond acceptors (Lipinski definition) is 5. The summed E-state index contributed by atoms with van der Waals surface area (Å²) in [6.07, 6.45) is 0. The third-order valence-corrected chi connectivity index (χ3v) is 6.45. The second kappa shape index (κ2) is 8.84. The van der Waals surface area contributed by atoms with Gasteiger partial charge in [-0.3, -0.25) is 24.2 Å². The fourth-order valence-electron chi connectivity index (χ4n) is 3.62. The van der Waals surface area contributed by atoms with Gasteiger partial charge in [0, 0.05) is 12.1 Å². The fraction of sp³-hybridized carbons (Fsp3) is 0.217. The van der Waals surface area contributed by atoms with Crippen molar-refractivity contribution < 1.29 is 18.8 Å². The number of carbonyl (C=O) groups is 3. The summed E-state index contributed by atoms with van der Waals surface area (Å²) in [5.41, 5.74) is 1.36. The lowest BCUT2D eigenvalue weighted by atomic mass is 10.1. The Labute approximate surface area is 194 Å². The second-order valence-electron chi connectivity index (χ2n) is 7.82. The number of thiocarbonyl (C=S) groups is 1. The topological polar surface area (TPSA) is 69.7 Å². The predicted octanol–water partition coefficient (Wildman–Crippen LogP) is 4.04. The SMILES string of the molecule is CC(C)CN1C(=O)/C(=C2\C(=O)N(CC(=O)Nc3ccccc3F)c3ccccc32)SC1=S. The van der Waals surface area contributed by atoms with Gasteiger partial charge in [0.05, 0.1) is 21.9 Å². The summed E-state index contributed by atoms with van der Waals surface area (Å²) in [6.45, 7) is 4.11. The second-order valence-corrected chi connectivity index (χ2v) is 9.46. The van der Waals surface area contributed by atoms with E-state index in [1.54, 1.807) is 30.3 Å². The van der Waals surface area contributed by atoms with Gasteiger partial charge in [0.15, 0.2) is 0 Å². The summed E-state index contributed by atoms with van der Waals surface area (Å²) >= 11 is 6.48. The largest absolute Gasteiger partial charge is 0.322 e. The smallest absolute Gasteiger partial charge is 0.267 e. The maximum atomic E-state index is 13.9. The molecule has 6 nitrogen and oxygen atoms in total. The Bertz CT molecular complexity index is 1180. The molecular weight excluding hydrogens is 449 g/mol. The van der Waals surface area contributed by atoms with Crippen molar-refractivity contribution in [3.63, 3.8) is 0 Å². The van der Waals surface area contributed by atoms with Crippen molar-refractivity contribution in [2.75, 3.05) is 23.3 Å². The van der Waals surface area contributed by atoms with E-state index in [1.807, 2.05) is 13.8 Å². The van der Waals surface area contributed by atoms with Crippen LogP contribution in [0.25, 0.3) is 5.57 Å². The normalized spacial score (nSPS) is 18.1. The van der Waals surface area contributed by atoms with Crippen LogP contribution in [0, 0.1) is 11.7 Å². The molecule has 0 aromatic heterocycles. The maximum Gasteiger partial charge on any atom is 0.267 e. The number of nitrogens with one attached hydrogen (secondary N) is 1. The van der Waals surface area contributed by atoms with Crippen molar-refractivity contribution >= 4 is 63.0 Å². The van der Waals surface area contributed by atoms with E-state index in [4.69, 9.17) is 12.2 Å². The van der Waals surface area contributed by atoms with Crippen LogP contribution >= 0.6 is 24.0 Å². The predicted molar refractivity (Wildman–Crippen MR) is 127 cm³/mol. The minimum absolute atomic E-state index is 0.0345. The molecule has 1 N–H and O–H groups in total. The van der Waals surface area contributed by atoms with Crippen molar-refractivity contribution in [1.29, 1.82) is 0 Å². The Morgan fingerprint density at radius 1 is 1.06 bits per heavy atom. The number of halogens is 1. The van der Waals surface area contributed by atoms with Crippen LogP contribution in [0.5, 0.6) is 0 Å². The Hall–Kier alpha value is -3.04. The van der Waals surface area contributed by atoms with Gasteiger partial charge >= 0.3 is 0 Å². The highest BCUT2D eigenvalue weighted by Gasteiger charge is 2.42. The lowest BCUT2D eigenvalue weighted by Crippen LogP contribution is -2.36. The van der Waals surface area contributed by atoms with Crippen molar-refractivity contribution in [2.45, 2.75) is 13.8 Å². The zero-order valence-corrected chi connectivity index (χ0v) is 19.1. The van der Waals surface area contributed by atoms with Gasteiger partial charge in [-0.15, -0.1) is 0 Å². The molecule has 1 saturated heterocycles. The third kappa shape index (κ3) is 4.05. The van der Waals surface area contributed by atoms with Crippen LogP contribution in [0.15, 0.2) is 53.4 Å². The number of nitrogens with zero attached hydrogens (tertiary/aromatic N) is 2. The summed E-state index contributed by atoms with van der Waals surface area (Å²) in [7, 11) is 0. The number of thioether (sulfide) groups is 1. The molecule has 0 spiro atoms. The molecule has 0 atom stereocenters. The molecule has 4 rings (SSSR count). The lowest BCUT2D eigenvalue weighted by Gasteiger charge is -2.17. The highest BCUT2D eigenvalue weighted by atomic mass is 32.2. The van der Waals surface area contributed by atoms with Gasteiger partial charge in [-0.05, 0) is 24.1 Å². The standard InChI is InChI=1S/C23H20FN3O3S2/c1-13(2)11-27-22(30)20(32-23(27)31)19-14-7-3-6-10-17(14)26(21(19)29)12-18(28)25-16-9-5-4-8-15(16)24/h3-10,13H,11-12H2,1-2H3,(H,25,28)/b20-19+. The van der Waals surface area contributed by atoms with Gasteiger partial charge in [-0.2, -0.15) is 0 Å². The zero-order chi connectivity index (χ0) is 23.0. The number of benzene rings is 2. The lowest BCUT2D eigenvalue weighted by molar-refractivity contribution is -0.122. The average Bonchev–Trinajstić information content (AvgIpc) is 3.17. The van der Waals surface area contributed by atoms with Crippen LogP contribution in [-0.2, 0) is 14.4 Å². The highest BCUT2D eigenvalue weighted by Crippen LogP contribution is 2.44. The molecule has 1 fully saturated rings. The number of carbonyl (C=O) groups excluding carboxylic acids is 3. The quantitative estimate of drug-likeness (QED) is 0.529. The monoisotopic (exact) mass is 469 g/mol. The Morgan fingerprint density at radius 2 is 1.75 bits per heavy atom. The van der Waals surface area contributed by atoms with E-state index in [1.165, 1.54) is 28.0 Å². The molecule has 9 heteroatoms. The van der Waals surface area contributed by atoms with Crippen LogP contribution in [0.3, 0.4) is 0 Å². The molecule has 0 saturated carbocycles. The summed E-state index contributed by atoms with van der Waals surface area (Å²) in [6, 6.07) is 12.8. The fourth-order valence-corrected chi connectivity index (χ4v) is 4.97. The summed E-state index contributed by atoms with van der Waals surface area (Å²) in [5, 5.41) is 2.49. The van der Waals surface area contributed by atoms with E-state index in [2.05, 4.69) is 5.32 Å². The first-order valence-electron chi connectivity index (χ1n) is 10.0. The zero-order valence-electron chi connectivity index (χ0n) is 17.4. The Morgan fingerprint density at radius 3 is 2.47 bits per heavy atom. The molecule has 3 amide bonds. The number of amides is 3. The van der Waals surface area contributed by atoms with Crippen LogP contribution in [0.4, 0.5) is 15.8 Å². The third-order valence-electron chi connectivity index (χ3n) is 5.00. The number of fused-ring (bicyclic) bond motifs is 1. The number of rotatable bonds is 5. The molecule has 2 aromatic carbocycles. The molecule has 2 aliphatic heterocycles. The van der Waals surface area contributed by atoms with Crippen molar-refractivity contribution in [1.82, 2.24) is 4.90 Å². The van der Waals surface area contributed by atoms with Crippen molar-refractivity contribution in [3.8, 4) is 0 Å². The summed E-state index contributed by atoms with van der Waals surface area (Å²) < 4.78 is 14.3. The first-order valence-corrected chi connectivity index (χ1v) is 11.2. The molecule has 2 aliphatic rings. The Balaban J connectivity index is 1.65.